The van der Waals surface area contributed by atoms with Crippen molar-refractivity contribution in [3.63, 3.8) is 0 Å². The van der Waals surface area contributed by atoms with E-state index in [1.807, 2.05) is 31.9 Å². The van der Waals surface area contributed by atoms with Crippen LogP contribution in [0.2, 0.25) is 0 Å². The van der Waals surface area contributed by atoms with Gasteiger partial charge in [0.05, 0.1) is 0 Å². The van der Waals surface area contributed by atoms with Crippen molar-refractivity contribution in [1.29, 1.82) is 0 Å². The predicted octanol–water partition coefficient (Wildman–Crippen LogP) is 3.37. The zero-order chi connectivity index (χ0) is 13.2. The lowest BCUT2D eigenvalue weighted by Gasteiger charge is -2.22. The number of thioether (sulfide) groups is 1. The van der Waals surface area contributed by atoms with E-state index in [-0.39, 0.29) is 0 Å². The summed E-state index contributed by atoms with van der Waals surface area (Å²) in [6.07, 6.45) is 3.13. The van der Waals surface area contributed by atoms with Crippen LogP contribution >= 0.6 is 11.8 Å². The van der Waals surface area contributed by atoms with E-state index in [4.69, 9.17) is 0 Å². The highest BCUT2D eigenvalue weighted by atomic mass is 32.2. The summed E-state index contributed by atoms with van der Waals surface area (Å²) in [6.45, 7) is 2.03. The molecular weight excluding hydrogens is 252 g/mol. The number of aromatic nitrogens is 1. The van der Waals surface area contributed by atoms with Crippen LogP contribution in [0.3, 0.4) is 0 Å². The quantitative estimate of drug-likeness (QED) is 0.925. The molecule has 1 aliphatic rings. The molecule has 2 heterocycles. The Labute approximate surface area is 118 Å². The fourth-order valence-electron chi connectivity index (χ4n) is 2.63. The largest absolute Gasteiger partial charge is 0.312 e. The zero-order valence-electron chi connectivity index (χ0n) is 11.3. The lowest BCUT2D eigenvalue weighted by molar-refractivity contribution is 0.566. The smallest absolute Gasteiger partial charge is 0.0460 e. The van der Waals surface area contributed by atoms with E-state index in [0.29, 0.717) is 11.3 Å². The van der Waals surface area contributed by atoms with Gasteiger partial charge < -0.3 is 5.32 Å². The Morgan fingerprint density at radius 3 is 2.79 bits per heavy atom. The average Bonchev–Trinajstić information content (AvgIpc) is 2.85. The number of hydrogen-bond acceptors (Lipinski definition) is 3. The molecule has 1 aliphatic heterocycles. The Bertz CT molecular complexity index is 540. The standard InChI is InChI=1S/C16H18N2S/c1-11-7-8-13(10-18-11)16(17-2)15-9-12-5-3-4-6-14(12)19-15/h3-8,10,15-17H,9H2,1-2H3. The number of rotatable bonds is 3. The van der Waals surface area contributed by atoms with Crippen molar-refractivity contribution in [1.82, 2.24) is 10.3 Å². The topological polar surface area (TPSA) is 24.9 Å². The van der Waals surface area contributed by atoms with Crippen molar-refractivity contribution in [3.8, 4) is 0 Å². The summed E-state index contributed by atoms with van der Waals surface area (Å²) in [7, 11) is 2.04. The maximum absolute atomic E-state index is 4.42. The summed E-state index contributed by atoms with van der Waals surface area (Å²) in [5.74, 6) is 0. The van der Waals surface area contributed by atoms with Gasteiger partial charge >= 0.3 is 0 Å². The van der Waals surface area contributed by atoms with Crippen molar-refractivity contribution in [2.45, 2.75) is 29.5 Å². The molecule has 1 N–H and O–H groups in total. The number of nitrogens with zero attached hydrogens (tertiary/aromatic N) is 1. The van der Waals surface area contributed by atoms with Crippen LogP contribution in [0.25, 0.3) is 0 Å². The average molecular weight is 270 g/mol. The number of aryl methyl sites for hydroxylation is 1. The molecule has 2 unspecified atom stereocenters. The molecule has 19 heavy (non-hydrogen) atoms. The molecular formula is C16H18N2S. The van der Waals surface area contributed by atoms with Gasteiger partial charge in [0, 0.05) is 28.1 Å². The molecule has 1 aromatic heterocycles. The minimum Gasteiger partial charge on any atom is -0.312 e. The van der Waals surface area contributed by atoms with E-state index < -0.39 is 0 Å². The maximum Gasteiger partial charge on any atom is 0.0460 e. The first kappa shape index (κ1) is 12.7. The van der Waals surface area contributed by atoms with Crippen LogP contribution in [0.4, 0.5) is 0 Å². The van der Waals surface area contributed by atoms with Gasteiger partial charge in [-0.05, 0) is 43.7 Å². The van der Waals surface area contributed by atoms with Crippen LogP contribution in [0.15, 0.2) is 47.5 Å². The van der Waals surface area contributed by atoms with Gasteiger partial charge in [0.15, 0.2) is 0 Å². The maximum atomic E-state index is 4.42. The molecule has 1 aromatic carbocycles. The van der Waals surface area contributed by atoms with Crippen molar-refractivity contribution in [3.05, 3.63) is 59.4 Å². The van der Waals surface area contributed by atoms with Gasteiger partial charge in [-0.2, -0.15) is 0 Å². The predicted molar refractivity (Wildman–Crippen MR) is 80.6 cm³/mol. The third-order valence-corrected chi connectivity index (χ3v) is 5.04. The highest BCUT2D eigenvalue weighted by Crippen LogP contribution is 2.42. The summed E-state index contributed by atoms with van der Waals surface area (Å²) in [5, 5.41) is 4.00. The second-order valence-corrected chi connectivity index (χ2v) is 6.25. The Hall–Kier alpha value is -1.32. The van der Waals surface area contributed by atoms with Gasteiger partial charge in [-0.25, -0.2) is 0 Å². The molecule has 0 spiro atoms. The molecule has 0 fully saturated rings. The summed E-state index contributed by atoms with van der Waals surface area (Å²) in [6, 6.07) is 13.3. The number of fused-ring (bicyclic) bond motifs is 1. The summed E-state index contributed by atoms with van der Waals surface area (Å²) < 4.78 is 0. The molecule has 3 rings (SSSR count). The SMILES string of the molecule is CNC(c1ccc(C)nc1)C1Cc2ccccc2S1. The summed E-state index contributed by atoms with van der Waals surface area (Å²) in [5.41, 5.74) is 3.82. The minimum atomic E-state index is 0.352. The molecule has 98 valence electrons. The van der Waals surface area contributed by atoms with Crippen LogP contribution in [0, 0.1) is 6.92 Å². The molecule has 0 radical (unpaired) electrons. The van der Waals surface area contributed by atoms with Crippen molar-refractivity contribution < 1.29 is 0 Å². The van der Waals surface area contributed by atoms with E-state index in [0.717, 1.165) is 12.1 Å². The molecule has 2 aromatic rings. The fraction of sp³-hybridized carbons (Fsp3) is 0.312. The second-order valence-electron chi connectivity index (χ2n) is 4.97. The highest BCUT2D eigenvalue weighted by molar-refractivity contribution is 8.00. The van der Waals surface area contributed by atoms with E-state index in [9.17, 15) is 0 Å². The number of nitrogens with one attached hydrogen (secondary N) is 1. The summed E-state index contributed by atoms with van der Waals surface area (Å²) >= 11 is 1.98. The third-order valence-electron chi connectivity index (χ3n) is 3.65. The molecule has 0 amide bonds. The molecule has 3 heteroatoms. The first-order chi connectivity index (χ1) is 9.28. The van der Waals surface area contributed by atoms with Crippen molar-refractivity contribution in [2.24, 2.45) is 0 Å². The van der Waals surface area contributed by atoms with E-state index in [1.165, 1.54) is 16.0 Å². The van der Waals surface area contributed by atoms with Gasteiger partial charge in [-0.15, -0.1) is 11.8 Å². The van der Waals surface area contributed by atoms with Crippen LogP contribution in [0.5, 0.6) is 0 Å². The minimum absolute atomic E-state index is 0.352. The third kappa shape index (κ3) is 2.53. The Morgan fingerprint density at radius 1 is 1.26 bits per heavy atom. The van der Waals surface area contributed by atoms with Crippen molar-refractivity contribution >= 4 is 11.8 Å². The Balaban J connectivity index is 1.83. The molecule has 0 aliphatic carbocycles. The van der Waals surface area contributed by atoms with Gasteiger partial charge in [-0.3, -0.25) is 4.98 Å². The monoisotopic (exact) mass is 270 g/mol. The second kappa shape index (κ2) is 5.35. The Morgan fingerprint density at radius 2 is 2.11 bits per heavy atom. The lowest BCUT2D eigenvalue weighted by atomic mass is 10.00. The first-order valence-corrected chi connectivity index (χ1v) is 7.50. The van der Waals surface area contributed by atoms with Crippen molar-refractivity contribution in [2.75, 3.05) is 7.05 Å². The molecule has 0 saturated heterocycles. The van der Waals surface area contributed by atoms with E-state index in [2.05, 4.69) is 46.7 Å². The van der Waals surface area contributed by atoms with Gasteiger partial charge in [-0.1, -0.05) is 24.3 Å². The molecule has 0 bridgehead atoms. The van der Waals surface area contributed by atoms with Crippen LogP contribution in [-0.2, 0) is 6.42 Å². The lowest BCUT2D eigenvalue weighted by Crippen LogP contribution is -2.27. The first-order valence-electron chi connectivity index (χ1n) is 6.62. The van der Waals surface area contributed by atoms with E-state index in [1.54, 1.807) is 0 Å². The van der Waals surface area contributed by atoms with Gasteiger partial charge in [0.2, 0.25) is 0 Å². The Kier molecular flexibility index (Phi) is 3.58. The van der Waals surface area contributed by atoms with Crippen LogP contribution < -0.4 is 5.32 Å². The summed E-state index contributed by atoms with van der Waals surface area (Å²) in [4.78, 5) is 5.84. The van der Waals surface area contributed by atoms with Gasteiger partial charge in [0.1, 0.15) is 0 Å². The van der Waals surface area contributed by atoms with E-state index >= 15 is 0 Å². The van der Waals surface area contributed by atoms with Gasteiger partial charge in [0.25, 0.3) is 0 Å². The zero-order valence-corrected chi connectivity index (χ0v) is 12.1. The number of pyridine rings is 1. The van der Waals surface area contributed by atoms with Crippen LogP contribution in [0.1, 0.15) is 22.9 Å². The van der Waals surface area contributed by atoms with Crippen LogP contribution in [-0.4, -0.2) is 17.3 Å². The fourth-order valence-corrected chi connectivity index (χ4v) is 4.10. The normalized spacial score (nSPS) is 19.2. The molecule has 2 nitrogen and oxygen atoms in total. The highest BCUT2D eigenvalue weighted by Gasteiger charge is 2.29. The number of hydrogen-bond donors (Lipinski definition) is 1. The number of benzene rings is 1. The molecule has 0 saturated carbocycles. The molecule has 2 atom stereocenters.